The number of carboxylic acid groups (broad SMARTS) is 1. The Hall–Kier alpha value is -2.12. The van der Waals surface area contributed by atoms with Crippen molar-refractivity contribution >= 4 is 11.9 Å². The van der Waals surface area contributed by atoms with Gasteiger partial charge >= 0.3 is 5.97 Å². The highest BCUT2D eigenvalue weighted by Crippen LogP contribution is 2.18. The zero-order valence-electron chi connectivity index (χ0n) is 13.5. The Morgan fingerprint density at radius 1 is 1.25 bits per heavy atom. The van der Waals surface area contributed by atoms with Gasteiger partial charge in [-0.15, -0.1) is 0 Å². The van der Waals surface area contributed by atoms with Crippen LogP contribution in [-0.4, -0.2) is 54.4 Å². The lowest BCUT2D eigenvalue weighted by molar-refractivity contribution is -0.146. The lowest BCUT2D eigenvalue weighted by Gasteiger charge is -2.22. The van der Waals surface area contributed by atoms with Crippen molar-refractivity contribution in [3.05, 3.63) is 29.8 Å². The summed E-state index contributed by atoms with van der Waals surface area (Å²) < 4.78 is 5.70. The van der Waals surface area contributed by atoms with Gasteiger partial charge in [-0.3, -0.25) is 4.79 Å². The van der Waals surface area contributed by atoms with Crippen molar-refractivity contribution in [2.24, 2.45) is 5.92 Å². The van der Waals surface area contributed by atoms with Crippen LogP contribution >= 0.6 is 0 Å². The summed E-state index contributed by atoms with van der Waals surface area (Å²) in [4.78, 5) is 22.3. The topological polar surface area (TPSA) is 108 Å². The van der Waals surface area contributed by atoms with Crippen molar-refractivity contribution < 1.29 is 24.5 Å². The zero-order valence-corrected chi connectivity index (χ0v) is 13.5. The molecule has 1 fully saturated rings. The summed E-state index contributed by atoms with van der Waals surface area (Å²) in [5.41, 5.74) is 0.387. The van der Waals surface area contributed by atoms with E-state index < -0.39 is 18.0 Å². The second kappa shape index (κ2) is 9.24. The Balaban J connectivity index is 1.73. The Labute approximate surface area is 141 Å². The summed E-state index contributed by atoms with van der Waals surface area (Å²) in [6, 6.07) is 6.65. The molecule has 1 aromatic carbocycles. The molecule has 1 saturated heterocycles. The third-order valence-electron chi connectivity index (χ3n) is 4.11. The van der Waals surface area contributed by atoms with Crippen molar-refractivity contribution in [1.82, 2.24) is 10.6 Å². The lowest BCUT2D eigenvalue weighted by atomic mass is 9.95. The fraction of sp³-hybridized carbons (Fsp3) is 0.529. The number of nitrogens with one attached hydrogen (secondary N) is 2. The van der Waals surface area contributed by atoms with Gasteiger partial charge < -0.3 is 25.6 Å². The van der Waals surface area contributed by atoms with Crippen molar-refractivity contribution in [3.8, 4) is 5.75 Å². The normalized spacial score (nSPS) is 16.4. The van der Waals surface area contributed by atoms with Crippen LogP contribution in [0.4, 0.5) is 0 Å². The Bertz CT molecular complexity index is 540. The van der Waals surface area contributed by atoms with Crippen molar-refractivity contribution in [3.63, 3.8) is 0 Å². The first kappa shape index (κ1) is 18.2. The zero-order chi connectivity index (χ0) is 17.4. The maximum Gasteiger partial charge on any atom is 0.334 e. The van der Waals surface area contributed by atoms with Gasteiger partial charge in [0, 0.05) is 5.56 Å². The number of aliphatic hydroxyl groups excluding tert-OH is 1. The number of ether oxygens (including phenoxy) is 1. The number of carboxylic acids is 1. The van der Waals surface area contributed by atoms with E-state index in [1.165, 1.54) is 12.8 Å². The molecule has 0 saturated carbocycles. The van der Waals surface area contributed by atoms with Crippen molar-refractivity contribution in [2.75, 3.05) is 26.2 Å². The van der Waals surface area contributed by atoms with Crippen LogP contribution in [0.25, 0.3) is 0 Å². The molecule has 1 aromatic rings. The minimum Gasteiger partial charge on any atom is -0.494 e. The molecule has 0 aliphatic carbocycles. The molecule has 1 aliphatic heterocycles. The molecular formula is C17H24N2O5. The summed E-state index contributed by atoms with van der Waals surface area (Å²) in [5.74, 6) is -0.396. The number of benzene rings is 1. The molecule has 132 valence electrons. The van der Waals surface area contributed by atoms with Gasteiger partial charge in [0.25, 0.3) is 5.91 Å². The molecular weight excluding hydrogens is 312 g/mol. The standard InChI is InChI=1S/C17H24N2O5/c20-15(17(22)23)11-19-16(21)13-1-3-14(4-2-13)24-10-7-12-5-8-18-9-6-12/h1-4,12,15,18,20H,5-11H2,(H,19,21)(H,22,23)/t15-/m0/s1. The summed E-state index contributed by atoms with van der Waals surface area (Å²) in [5, 5.41) is 23.4. The highest BCUT2D eigenvalue weighted by molar-refractivity contribution is 5.94. The van der Waals surface area contributed by atoms with Crippen molar-refractivity contribution in [2.45, 2.75) is 25.4 Å². The quantitative estimate of drug-likeness (QED) is 0.555. The van der Waals surface area contributed by atoms with Crippen LogP contribution in [0.2, 0.25) is 0 Å². The van der Waals surface area contributed by atoms with E-state index in [0.29, 0.717) is 23.8 Å². The van der Waals surface area contributed by atoms with E-state index in [9.17, 15) is 9.59 Å². The van der Waals surface area contributed by atoms with Gasteiger partial charge in [0.1, 0.15) is 5.75 Å². The number of hydrogen-bond acceptors (Lipinski definition) is 5. The molecule has 0 aromatic heterocycles. The van der Waals surface area contributed by atoms with Gasteiger partial charge in [-0.05, 0) is 62.5 Å². The summed E-state index contributed by atoms with van der Waals surface area (Å²) in [6.45, 7) is 2.47. The Morgan fingerprint density at radius 2 is 1.92 bits per heavy atom. The van der Waals surface area contributed by atoms with Crippen LogP contribution in [0.15, 0.2) is 24.3 Å². The Kier molecular flexibility index (Phi) is 7.02. The first-order valence-corrected chi connectivity index (χ1v) is 8.19. The summed E-state index contributed by atoms with van der Waals surface area (Å²) in [7, 11) is 0. The predicted octanol–water partition coefficient (Wildman–Crippen LogP) is 0.630. The second-order valence-corrected chi connectivity index (χ2v) is 5.92. The SMILES string of the molecule is O=C(NC[C@H](O)C(=O)O)c1ccc(OCCC2CCNCC2)cc1. The molecule has 0 spiro atoms. The number of carbonyl (C=O) groups excluding carboxylic acids is 1. The maximum absolute atomic E-state index is 11.8. The van der Waals surface area contributed by atoms with Crippen LogP contribution in [0, 0.1) is 5.92 Å². The van der Waals surface area contributed by atoms with E-state index in [2.05, 4.69) is 10.6 Å². The number of piperidine rings is 1. The van der Waals surface area contributed by atoms with Crippen LogP contribution in [-0.2, 0) is 4.79 Å². The monoisotopic (exact) mass is 336 g/mol. The fourth-order valence-electron chi connectivity index (χ4n) is 2.60. The number of aliphatic hydroxyl groups is 1. The highest BCUT2D eigenvalue weighted by Gasteiger charge is 2.15. The molecule has 1 atom stereocenters. The van der Waals surface area contributed by atoms with Crippen LogP contribution in [0.5, 0.6) is 5.75 Å². The fourth-order valence-corrected chi connectivity index (χ4v) is 2.60. The highest BCUT2D eigenvalue weighted by atomic mass is 16.5. The van der Waals surface area contributed by atoms with Gasteiger partial charge in [0.2, 0.25) is 0 Å². The summed E-state index contributed by atoms with van der Waals surface area (Å²) >= 11 is 0. The predicted molar refractivity (Wildman–Crippen MR) is 88.1 cm³/mol. The van der Waals surface area contributed by atoms with Crippen LogP contribution in [0.3, 0.4) is 0 Å². The molecule has 0 bridgehead atoms. The molecule has 0 unspecified atom stereocenters. The minimum absolute atomic E-state index is 0.331. The molecule has 7 heteroatoms. The number of hydrogen-bond donors (Lipinski definition) is 4. The van der Waals surface area contributed by atoms with Gasteiger partial charge in [0.15, 0.2) is 6.10 Å². The molecule has 1 heterocycles. The average Bonchev–Trinajstić information content (AvgIpc) is 2.60. The maximum atomic E-state index is 11.8. The van der Waals surface area contributed by atoms with Crippen LogP contribution in [0.1, 0.15) is 29.6 Å². The van der Waals surface area contributed by atoms with Gasteiger partial charge in [-0.25, -0.2) is 4.79 Å². The molecule has 2 rings (SSSR count). The lowest BCUT2D eigenvalue weighted by Crippen LogP contribution is -2.36. The van der Waals surface area contributed by atoms with E-state index in [1.54, 1.807) is 24.3 Å². The van der Waals surface area contributed by atoms with Gasteiger partial charge in [-0.2, -0.15) is 0 Å². The molecule has 7 nitrogen and oxygen atoms in total. The molecule has 4 N–H and O–H groups in total. The number of amides is 1. The molecule has 0 radical (unpaired) electrons. The number of carbonyl (C=O) groups is 2. The first-order chi connectivity index (χ1) is 11.6. The van der Waals surface area contributed by atoms with Crippen molar-refractivity contribution in [1.29, 1.82) is 0 Å². The Morgan fingerprint density at radius 3 is 2.54 bits per heavy atom. The second-order valence-electron chi connectivity index (χ2n) is 5.92. The van der Waals surface area contributed by atoms with Crippen LogP contribution < -0.4 is 15.4 Å². The minimum atomic E-state index is -1.61. The number of aliphatic carboxylic acids is 1. The van der Waals surface area contributed by atoms with E-state index in [0.717, 1.165) is 19.5 Å². The largest absolute Gasteiger partial charge is 0.494 e. The third kappa shape index (κ3) is 5.82. The smallest absolute Gasteiger partial charge is 0.334 e. The first-order valence-electron chi connectivity index (χ1n) is 8.19. The van der Waals surface area contributed by atoms with Gasteiger partial charge in [-0.1, -0.05) is 0 Å². The molecule has 24 heavy (non-hydrogen) atoms. The molecule has 1 aliphatic rings. The van der Waals surface area contributed by atoms with E-state index in [1.807, 2.05) is 0 Å². The third-order valence-corrected chi connectivity index (χ3v) is 4.11. The molecule has 1 amide bonds. The van der Waals surface area contributed by atoms with Gasteiger partial charge in [0.05, 0.1) is 13.2 Å². The number of rotatable bonds is 8. The van der Waals surface area contributed by atoms with E-state index >= 15 is 0 Å². The summed E-state index contributed by atoms with van der Waals surface area (Å²) in [6.07, 6.45) is 1.79. The average molecular weight is 336 g/mol. The van der Waals surface area contributed by atoms with E-state index in [-0.39, 0.29) is 6.54 Å². The van der Waals surface area contributed by atoms with E-state index in [4.69, 9.17) is 14.9 Å².